The van der Waals surface area contributed by atoms with Gasteiger partial charge in [-0.2, -0.15) is 5.26 Å². The van der Waals surface area contributed by atoms with Crippen molar-refractivity contribution < 1.29 is 4.79 Å². The summed E-state index contributed by atoms with van der Waals surface area (Å²) in [6, 6.07) is 18.6. The Bertz CT molecular complexity index is 848. The Kier molecular flexibility index (Phi) is 4.46. The first kappa shape index (κ1) is 14.9. The lowest BCUT2D eigenvalue weighted by Crippen LogP contribution is -2.11. The van der Waals surface area contributed by atoms with Crippen molar-refractivity contribution in [3.63, 3.8) is 0 Å². The number of nitrogens with one attached hydrogen (secondary N) is 1. The summed E-state index contributed by atoms with van der Waals surface area (Å²) in [7, 11) is 0. The number of aromatic nitrogens is 1. The topological polar surface area (TPSA) is 65.8 Å². The fourth-order valence-corrected chi connectivity index (χ4v) is 2.95. The molecule has 0 bridgehead atoms. The third-order valence-corrected chi connectivity index (χ3v) is 4.18. The van der Waals surface area contributed by atoms with E-state index < -0.39 is 0 Å². The molecule has 3 rings (SSSR count). The molecule has 0 spiro atoms. The average Bonchev–Trinajstić information content (AvgIpc) is 3.03. The van der Waals surface area contributed by atoms with Gasteiger partial charge in [0.1, 0.15) is 0 Å². The van der Waals surface area contributed by atoms with Crippen LogP contribution in [0.4, 0.5) is 5.13 Å². The molecule has 0 fully saturated rings. The van der Waals surface area contributed by atoms with E-state index >= 15 is 0 Å². The summed E-state index contributed by atoms with van der Waals surface area (Å²) < 4.78 is 0. The van der Waals surface area contributed by atoms with Crippen LogP contribution in [0, 0.1) is 11.3 Å². The second-order valence-corrected chi connectivity index (χ2v) is 6.05. The Labute approximate surface area is 138 Å². The number of anilines is 1. The van der Waals surface area contributed by atoms with Gasteiger partial charge in [-0.15, -0.1) is 11.3 Å². The van der Waals surface area contributed by atoms with E-state index in [1.54, 1.807) is 30.5 Å². The van der Waals surface area contributed by atoms with Gasteiger partial charge in [-0.3, -0.25) is 10.1 Å². The summed E-state index contributed by atoms with van der Waals surface area (Å²) in [5, 5.41) is 12.2. The highest BCUT2D eigenvalue weighted by Crippen LogP contribution is 2.22. The Morgan fingerprint density at radius 2 is 1.87 bits per heavy atom. The van der Waals surface area contributed by atoms with Gasteiger partial charge in [-0.05, 0) is 29.8 Å². The van der Waals surface area contributed by atoms with Crippen molar-refractivity contribution in [2.45, 2.75) is 6.42 Å². The molecule has 0 saturated carbocycles. The van der Waals surface area contributed by atoms with Crippen molar-refractivity contribution in [2.75, 3.05) is 5.32 Å². The molecule has 1 amide bonds. The van der Waals surface area contributed by atoms with E-state index in [1.165, 1.54) is 11.3 Å². The fraction of sp³-hybridized carbons (Fsp3) is 0.0556. The summed E-state index contributed by atoms with van der Waals surface area (Å²) in [6.45, 7) is 0. The second kappa shape index (κ2) is 6.86. The van der Waals surface area contributed by atoms with E-state index in [1.807, 2.05) is 30.3 Å². The van der Waals surface area contributed by atoms with Crippen LogP contribution in [-0.4, -0.2) is 10.9 Å². The van der Waals surface area contributed by atoms with Gasteiger partial charge < -0.3 is 0 Å². The predicted octanol–water partition coefficient (Wildman–Crippen LogP) is 3.86. The van der Waals surface area contributed by atoms with E-state index in [4.69, 9.17) is 5.26 Å². The van der Waals surface area contributed by atoms with Crippen molar-refractivity contribution in [3.8, 4) is 6.07 Å². The average molecular weight is 319 g/mol. The van der Waals surface area contributed by atoms with Crippen LogP contribution >= 0.6 is 11.3 Å². The van der Waals surface area contributed by atoms with Crippen molar-refractivity contribution in [1.82, 2.24) is 4.98 Å². The summed E-state index contributed by atoms with van der Waals surface area (Å²) in [5.74, 6) is -0.162. The fourth-order valence-electron chi connectivity index (χ4n) is 2.10. The SMILES string of the molecule is N#Cc1ccc(Cc2cnc(NC(=O)c3ccccc3)s2)cc1. The standard InChI is InChI=1S/C18H13N3OS/c19-11-14-8-6-13(7-9-14)10-16-12-20-18(23-16)21-17(22)15-4-2-1-3-5-15/h1-9,12H,10H2,(H,20,21,22). The number of hydrogen-bond acceptors (Lipinski definition) is 4. The molecule has 0 radical (unpaired) electrons. The lowest BCUT2D eigenvalue weighted by Gasteiger charge is -2.00. The minimum atomic E-state index is -0.162. The molecular weight excluding hydrogens is 306 g/mol. The van der Waals surface area contributed by atoms with Gasteiger partial charge in [0, 0.05) is 23.1 Å². The molecule has 1 heterocycles. The van der Waals surface area contributed by atoms with Crippen molar-refractivity contribution >= 4 is 22.4 Å². The summed E-state index contributed by atoms with van der Waals surface area (Å²) in [5.41, 5.74) is 2.36. The molecule has 0 atom stereocenters. The first-order valence-electron chi connectivity index (χ1n) is 7.05. The minimum Gasteiger partial charge on any atom is -0.298 e. The van der Waals surface area contributed by atoms with E-state index in [0.717, 1.165) is 16.9 Å². The smallest absolute Gasteiger partial charge is 0.257 e. The molecule has 5 heteroatoms. The van der Waals surface area contributed by atoms with Crippen LogP contribution in [0.5, 0.6) is 0 Å². The second-order valence-electron chi connectivity index (χ2n) is 4.94. The molecule has 0 unspecified atom stereocenters. The van der Waals surface area contributed by atoms with Gasteiger partial charge >= 0.3 is 0 Å². The van der Waals surface area contributed by atoms with Crippen LogP contribution in [0.2, 0.25) is 0 Å². The van der Waals surface area contributed by atoms with Gasteiger partial charge in [0.05, 0.1) is 11.6 Å². The molecule has 0 saturated heterocycles. The van der Waals surface area contributed by atoms with Gasteiger partial charge in [0.25, 0.3) is 5.91 Å². The number of carbonyl (C=O) groups is 1. The summed E-state index contributed by atoms with van der Waals surface area (Å²) in [4.78, 5) is 17.4. The summed E-state index contributed by atoms with van der Waals surface area (Å²) >= 11 is 1.45. The van der Waals surface area contributed by atoms with E-state index in [2.05, 4.69) is 16.4 Å². The highest BCUT2D eigenvalue weighted by atomic mass is 32.1. The van der Waals surface area contributed by atoms with Gasteiger partial charge in [-0.25, -0.2) is 4.98 Å². The first-order valence-corrected chi connectivity index (χ1v) is 7.86. The number of carbonyl (C=O) groups excluding carboxylic acids is 1. The number of nitrogens with zero attached hydrogens (tertiary/aromatic N) is 2. The third-order valence-electron chi connectivity index (χ3n) is 3.27. The zero-order valence-corrected chi connectivity index (χ0v) is 13.0. The van der Waals surface area contributed by atoms with Crippen molar-refractivity contribution in [2.24, 2.45) is 0 Å². The van der Waals surface area contributed by atoms with E-state index in [-0.39, 0.29) is 5.91 Å². The molecule has 1 N–H and O–H groups in total. The zero-order valence-electron chi connectivity index (χ0n) is 12.2. The Balaban J connectivity index is 1.66. The van der Waals surface area contributed by atoms with E-state index in [0.29, 0.717) is 16.3 Å². The van der Waals surface area contributed by atoms with E-state index in [9.17, 15) is 4.79 Å². The predicted molar refractivity (Wildman–Crippen MR) is 90.5 cm³/mol. The largest absolute Gasteiger partial charge is 0.298 e. The molecule has 23 heavy (non-hydrogen) atoms. The lowest BCUT2D eigenvalue weighted by atomic mass is 10.1. The number of amides is 1. The number of thiazole rings is 1. The molecule has 112 valence electrons. The molecule has 0 aliphatic heterocycles. The molecule has 3 aromatic rings. The first-order chi connectivity index (χ1) is 11.2. The van der Waals surface area contributed by atoms with Crippen LogP contribution in [0.3, 0.4) is 0 Å². The Morgan fingerprint density at radius 3 is 2.57 bits per heavy atom. The monoisotopic (exact) mass is 319 g/mol. The van der Waals surface area contributed by atoms with Crippen LogP contribution in [0.1, 0.15) is 26.4 Å². The molecular formula is C18H13N3OS. The maximum absolute atomic E-state index is 12.1. The maximum Gasteiger partial charge on any atom is 0.257 e. The number of hydrogen-bond donors (Lipinski definition) is 1. The summed E-state index contributed by atoms with van der Waals surface area (Å²) in [6.07, 6.45) is 2.49. The minimum absolute atomic E-state index is 0.162. The molecule has 0 aliphatic carbocycles. The van der Waals surface area contributed by atoms with Crippen molar-refractivity contribution in [1.29, 1.82) is 5.26 Å². The Hall–Kier alpha value is -2.97. The number of benzene rings is 2. The highest BCUT2D eigenvalue weighted by Gasteiger charge is 2.09. The quantitative estimate of drug-likeness (QED) is 0.794. The van der Waals surface area contributed by atoms with Gasteiger partial charge in [-0.1, -0.05) is 30.3 Å². The molecule has 1 aromatic heterocycles. The highest BCUT2D eigenvalue weighted by molar-refractivity contribution is 7.15. The zero-order chi connectivity index (χ0) is 16.1. The van der Waals surface area contributed by atoms with Crippen LogP contribution < -0.4 is 5.32 Å². The molecule has 2 aromatic carbocycles. The number of rotatable bonds is 4. The lowest BCUT2D eigenvalue weighted by molar-refractivity contribution is 0.102. The van der Waals surface area contributed by atoms with Gasteiger partial charge in [0.2, 0.25) is 0 Å². The third kappa shape index (κ3) is 3.82. The van der Waals surface area contributed by atoms with Crippen LogP contribution in [-0.2, 0) is 6.42 Å². The maximum atomic E-state index is 12.1. The van der Waals surface area contributed by atoms with Gasteiger partial charge in [0.15, 0.2) is 5.13 Å². The van der Waals surface area contributed by atoms with Crippen LogP contribution in [0.25, 0.3) is 0 Å². The van der Waals surface area contributed by atoms with Crippen LogP contribution in [0.15, 0.2) is 60.8 Å². The number of nitriles is 1. The molecule has 4 nitrogen and oxygen atoms in total. The Morgan fingerprint density at radius 1 is 1.13 bits per heavy atom. The molecule has 0 aliphatic rings. The normalized spacial score (nSPS) is 10.0. The van der Waals surface area contributed by atoms with Crippen molar-refractivity contribution in [3.05, 3.63) is 82.4 Å².